The lowest BCUT2D eigenvalue weighted by molar-refractivity contribution is 0.425. The molecule has 34 heavy (non-hydrogen) atoms. The van der Waals surface area contributed by atoms with E-state index in [0.717, 1.165) is 0 Å². The molecule has 0 aliphatic carbocycles. The minimum absolute atomic E-state index is 0.0522. The van der Waals surface area contributed by atoms with Crippen molar-refractivity contribution in [3.05, 3.63) is 57.6 Å². The second-order valence-corrected chi connectivity index (χ2v) is 7.81. The first-order valence-corrected chi connectivity index (χ1v) is 10.4. The Morgan fingerprint density at radius 1 is 1.21 bits per heavy atom. The third-order valence-electron chi connectivity index (χ3n) is 5.05. The molecule has 172 valence electrons. The smallest absolute Gasteiger partial charge is 0.267 e. The molecule has 1 atom stereocenters. The number of halogens is 1. The van der Waals surface area contributed by atoms with Gasteiger partial charge in [0.05, 0.1) is 33.9 Å². The van der Waals surface area contributed by atoms with Gasteiger partial charge in [0.25, 0.3) is 11.4 Å². The van der Waals surface area contributed by atoms with Gasteiger partial charge in [0.2, 0.25) is 5.95 Å². The Labute approximate surface area is 196 Å². The van der Waals surface area contributed by atoms with Gasteiger partial charge >= 0.3 is 0 Å². The highest BCUT2D eigenvalue weighted by Crippen LogP contribution is 2.33. The molecule has 0 aliphatic rings. The van der Waals surface area contributed by atoms with Crippen LogP contribution in [0, 0.1) is 6.92 Å². The van der Waals surface area contributed by atoms with E-state index in [9.17, 15) is 4.79 Å². The Kier molecular flexibility index (Phi) is 5.09. The standard InChI is InChI=1S/C20H18ClN11O2/c1-8(26-16-14(15(22)29-20(23)30-16)18-27-9(2)31-34-18)17-28-12-5-3-4-11(21)13(12)19(33)32(17)10-6-24-25-7-10/h3-8H,1-2H3,(H,24,25)(H5,22,23,26,29,30). The van der Waals surface area contributed by atoms with E-state index >= 15 is 0 Å². The van der Waals surface area contributed by atoms with Crippen molar-refractivity contribution >= 4 is 40.1 Å². The van der Waals surface area contributed by atoms with E-state index in [-0.39, 0.29) is 34.6 Å². The monoisotopic (exact) mass is 479 g/mol. The molecule has 0 radical (unpaired) electrons. The largest absolute Gasteiger partial charge is 0.383 e. The molecular weight excluding hydrogens is 462 g/mol. The fourth-order valence-corrected chi connectivity index (χ4v) is 3.84. The number of aromatic nitrogens is 8. The molecule has 0 aliphatic heterocycles. The van der Waals surface area contributed by atoms with E-state index in [1.165, 1.54) is 10.8 Å². The van der Waals surface area contributed by atoms with Crippen LogP contribution in [0.2, 0.25) is 5.02 Å². The van der Waals surface area contributed by atoms with Gasteiger partial charge in [-0.05, 0) is 26.0 Å². The molecule has 0 amide bonds. The number of nitrogens with one attached hydrogen (secondary N) is 2. The molecule has 5 aromatic rings. The van der Waals surface area contributed by atoms with E-state index in [2.05, 4.69) is 35.6 Å². The lowest BCUT2D eigenvalue weighted by atomic mass is 10.2. The van der Waals surface area contributed by atoms with Gasteiger partial charge in [0.1, 0.15) is 23.0 Å². The van der Waals surface area contributed by atoms with Crippen molar-refractivity contribution in [3.63, 3.8) is 0 Å². The van der Waals surface area contributed by atoms with Crippen LogP contribution in [0.5, 0.6) is 0 Å². The zero-order valence-electron chi connectivity index (χ0n) is 17.9. The molecule has 13 nitrogen and oxygen atoms in total. The van der Waals surface area contributed by atoms with Gasteiger partial charge in [0.15, 0.2) is 5.82 Å². The number of nitrogen functional groups attached to an aromatic ring is 2. The molecule has 0 saturated heterocycles. The quantitative estimate of drug-likeness (QED) is 0.288. The molecule has 4 aromatic heterocycles. The zero-order chi connectivity index (χ0) is 24.0. The van der Waals surface area contributed by atoms with E-state index in [1.807, 2.05) is 0 Å². The van der Waals surface area contributed by atoms with Gasteiger partial charge in [-0.15, -0.1) is 0 Å². The van der Waals surface area contributed by atoms with Crippen LogP contribution in [0.4, 0.5) is 17.6 Å². The van der Waals surface area contributed by atoms with Crippen molar-refractivity contribution in [2.45, 2.75) is 19.9 Å². The van der Waals surface area contributed by atoms with Gasteiger partial charge in [-0.2, -0.15) is 20.1 Å². The van der Waals surface area contributed by atoms with E-state index in [0.29, 0.717) is 33.3 Å². The summed E-state index contributed by atoms with van der Waals surface area (Å²) in [6.07, 6.45) is 3.09. The van der Waals surface area contributed by atoms with E-state index in [1.54, 1.807) is 38.2 Å². The fourth-order valence-electron chi connectivity index (χ4n) is 3.59. The first-order chi connectivity index (χ1) is 16.3. The average Bonchev–Trinajstić information content (AvgIpc) is 3.45. The number of aromatic amines is 1. The number of fused-ring (bicyclic) bond motifs is 1. The third kappa shape index (κ3) is 3.57. The van der Waals surface area contributed by atoms with Crippen LogP contribution >= 0.6 is 11.6 Å². The highest BCUT2D eigenvalue weighted by atomic mass is 35.5. The SMILES string of the molecule is Cc1noc(-c2c(N)nc(N)nc2NC(C)c2nc3cccc(Cl)c3c(=O)n2-c2cn[nH]c2)n1. The summed E-state index contributed by atoms with van der Waals surface area (Å²) in [5.74, 6) is 1.13. The molecule has 1 aromatic carbocycles. The Bertz CT molecular complexity index is 1580. The second-order valence-electron chi connectivity index (χ2n) is 7.40. The van der Waals surface area contributed by atoms with Crippen LogP contribution < -0.4 is 22.3 Å². The molecule has 5 rings (SSSR count). The van der Waals surface area contributed by atoms with Crippen molar-refractivity contribution in [3.8, 4) is 17.1 Å². The molecule has 6 N–H and O–H groups in total. The Balaban J connectivity index is 1.68. The van der Waals surface area contributed by atoms with E-state index in [4.69, 9.17) is 32.6 Å². The maximum atomic E-state index is 13.5. The molecule has 4 heterocycles. The number of anilines is 3. The maximum absolute atomic E-state index is 13.5. The zero-order valence-corrected chi connectivity index (χ0v) is 18.7. The number of benzene rings is 1. The van der Waals surface area contributed by atoms with Crippen molar-refractivity contribution < 1.29 is 4.52 Å². The Hall–Kier alpha value is -4.52. The first-order valence-electron chi connectivity index (χ1n) is 10.0. The number of hydrogen-bond acceptors (Lipinski definition) is 11. The Morgan fingerprint density at radius 2 is 2.03 bits per heavy atom. The topological polar surface area (TPSA) is 192 Å². The fraction of sp³-hybridized carbons (Fsp3) is 0.150. The molecular formula is C20H18ClN11O2. The number of hydrogen-bond donors (Lipinski definition) is 4. The summed E-state index contributed by atoms with van der Waals surface area (Å²) in [4.78, 5) is 30.7. The van der Waals surface area contributed by atoms with Crippen molar-refractivity contribution in [2.75, 3.05) is 16.8 Å². The number of H-pyrrole nitrogens is 1. The summed E-state index contributed by atoms with van der Waals surface area (Å²) in [6, 6.07) is 4.50. The summed E-state index contributed by atoms with van der Waals surface area (Å²) in [7, 11) is 0. The van der Waals surface area contributed by atoms with Crippen LogP contribution in [-0.2, 0) is 0 Å². The summed E-state index contributed by atoms with van der Waals surface area (Å²) in [6.45, 7) is 3.47. The van der Waals surface area contributed by atoms with Crippen molar-refractivity contribution in [1.29, 1.82) is 0 Å². The number of aryl methyl sites for hydroxylation is 1. The normalized spacial score (nSPS) is 12.2. The first kappa shape index (κ1) is 21.3. The van der Waals surface area contributed by atoms with Gasteiger partial charge in [0, 0.05) is 6.20 Å². The molecule has 0 spiro atoms. The lowest BCUT2D eigenvalue weighted by Gasteiger charge is -2.20. The third-order valence-corrected chi connectivity index (χ3v) is 5.37. The average molecular weight is 480 g/mol. The minimum Gasteiger partial charge on any atom is -0.383 e. The predicted molar refractivity (Wildman–Crippen MR) is 125 cm³/mol. The number of nitrogens with zero attached hydrogens (tertiary/aromatic N) is 7. The summed E-state index contributed by atoms with van der Waals surface area (Å²) in [5, 5.41) is 14.3. The lowest BCUT2D eigenvalue weighted by Crippen LogP contribution is -2.27. The summed E-state index contributed by atoms with van der Waals surface area (Å²) in [5.41, 5.74) is 12.8. The predicted octanol–water partition coefficient (Wildman–Crippen LogP) is 2.25. The van der Waals surface area contributed by atoms with Crippen LogP contribution in [0.3, 0.4) is 0 Å². The van der Waals surface area contributed by atoms with Gasteiger partial charge < -0.3 is 21.3 Å². The van der Waals surface area contributed by atoms with Gasteiger partial charge in [-0.1, -0.05) is 22.8 Å². The molecule has 0 fully saturated rings. The van der Waals surface area contributed by atoms with Crippen LogP contribution in [-0.4, -0.2) is 39.9 Å². The number of nitrogens with two attached hydrogens (primary N) is 2. The molecule has 14 heteroatoms. The summed E-state index contributed by atoms with van der Waals surface area (Å²) >= 11 is 6.32. The van der Waals surface area contributed by atoms with Crippen LogP contribution in [0.1, 0.15) is 24.6 Å². The highest BCUT2D eigenvalue weighted by molar-refractivity contribution is 6.35. The van der Waals surface area contributed by atoms with Crippen molar-refractivity contribution in [2.24, 2.45) is 0 Å². The van der Waals surface area contributed by atoms with Gasteiger partial charge in [-0.3, -0.25) is 14.5 Å². The van der Waals surface area contributed by atoms with E-state index < -0.39 is 6.04 Å². The molecule has 0 bridgehead atoms. The molecule has 0 saturated carbocycles. The van der Waals surface area contributed by atoms with Crippen molar-refractivity contribution in [1.82, 2.24) is 39.9 Å². The van der Waals surface area contributed by atoms with Crippen LogP contribution in [0.15, 0.2) is 39.9 Å². The highest BCUT2D eigenvalue weighted by Gasteiger charge is 2.24. The molecule has 1 unspecified atom stereocenters. The van der Waals surface area contributed by atoms with Crippen LogP contribution in [0.25, 0.3) is 28.0 Å². The minimum atomic E-state index is -0.581. The second kappa shape index (κ2) is 8.12. The number of rotatable bonds is 5. The summed E-state index contributed by atoms with van der Waals surface area (Å²) < 4.78 is 6.69. The van der Waals surface area contributed by atoms with Gasteiger partial charge in [-0.25, -0.2) is 4.98 Å². The maximum Gasteiger partial charge on any atom is 0.267 e. The Morgan fingerprint density at radius 3 is 2.74 bits per heavy atom.